The zero-order valence-corrected chi connectivity index (χ0v) is 6.85. The topological polar surface area (TPSA) is 21.3 Å². The highest BCUT2D eigenvalue weighted by Gasteiger charge is 2.42. The predicted molar refractivity (Wildman–Crippen MR) is 40.1 cm³/mol. The van der Waals surface area contributed by atoms with Crippen molar-refractivity contribution in [3.8, 4) is 0 Å². The molecule has 2 atom stereocenters. The Kier molecular flexibility index (Phi) is 2.04. The molecule has 1 saturated heterocycles. The number of halogens is 2. The quantitative estimate of drug-likeness (QED) is 0.605. The van der Waals surface area contributed by atoms with Crippen LogP contribution in [0.3, 0.4) is 0 Å². The monoisotopic (exact) mass is 177 g/mol. The lowest BCUT2D eigenvalue weighted by Crippen LogP contribution is -2.56. The number of alkyl halides is 2. The number of hydrogen-bond acceptors (Lipinski definition) is 2. The number of morpholine rings is 1. The molecule has 0 spiro atoms. The summed E-state index contributed by atoms with van der Waals surface area (Å²) in [5, 5.41) is 2.84. The van der Waals surface area contributed by atoms with Gasteiger partial charge in [0.1, 0.15) is 0 Å². The van der Waals surface area contributed by atoms with Crippen molar-refractivity contribution in [3.05, 3.63) is 0 Å². The molecule has 1 aliphatic carbocycles. The molecular formula is C8H13F2NO. The van der Waals surface area contributed by atoms with E-state index < -0.39 is 6.11 Å². The summed E-state index contributed by atoms with van der Waals surface area (Å²) in [6.45, 7) is -0.325. The normalized spacial score (nSPS) is 40.5. The van der Waals surface area contributed by atoms with E-state index in [-0.39, 0.29) is 18.7 Å². The van der Waals surface area contributed by atoms with Crippen LogP contribution < -0.4 is 5.32 Å². The van der Waals surface area contributed by atoms with E-state index in [4.69, 9.17) is 0 Å². The zero-order valence-electron chi connectivity index (χ0n) is 6.85. The molecule has 0 aromatic rings. The molecule has 0 aromatic heterocycles. The fourth-order valence-corrected chi connectivity index (χ4v) is 1.98. The summed E-state index contributed by atoms with van der Waals surface area (Å²) in [4.78, 5) is 0. The highest BCUT2D eigenvalue weighted by molar-refractivity contribution is 4.87. The zero-order chi connectivity index (χ0) is 8.60. The molecule has 1 aliphatic heterocycles. The molecule has 70 valence electrons. The van der Waals surface area contributed by atoms with Crippen molar-refractivity contribution in [2.45, 2.75) is 43.9 Å². The van der Waals surface area contributed by atoms with E-state index in [2.05, 4.69) is 10.1 Å². The first-order chi connectivity index (χ1) is 5.67. The van der Waals surface area contributed by atoms with Gasteiger partial charge in [-0.3, -0.25) is 0 Å². The first-order valence-electron chi connectivity index (χ1n) is 4.46. The van der Waals surface area contributed by atoms with Crippen molar-refractivity contribution in [3.63, 3.8) is 0 Å². The van der Waals surface area contributed by atoms with Crippen molar-refractivity contribution < 1.29 is 13.5 Å². The van der Waals surface area contributed by atoms with Gasteiger partial charge in [-0.1, -0.05) is 12.8 Å². The maximum Gasteiger partial charge on any atom is 0.368 e. The third-order valence-corrected chi connectivity index (χ3v) is 2.60. The van der Waals surface area contributed by atoms with E-state index in [1.54, 1.807) is 0 Å². The van der Waals surface area contributed by atoms with E-state index in [0.29, 0.717) is 0 Å². The standard InChI is InChI=1S/C8H13F2NO/c9-8(10)5-11-6-3-1-2-4-7(6)12-8/h6-7,11H,1-5H2/t6-,7-/m1/s1. The van der Waals surface area contributed by atoms with Crippen LogP contribution in [0.25, 0.3) is 0 Å². The fraction of sp³-hybridized carbons (Fsp3) is 1.00. The van der Waals surface area contributed by atoms with Gasteiger partial charge in [-0.15, -0.1) is 0 Å². The second-order valence-corrected chi connectivity index (χ2v) is 3.57. The minimum atomic E-state index is -2.95. The van der Waals surface area contributed by atoms with Crippen LogP contribution in [-0.4, -0.2) is 24.8 Å². The van der Waals surface area contributed by atoms with Gasteiger partial charge in [0.2, 0.25) is 0 Å². The third kappa shape index (κ3) is 1.59. The van der Waals surface area contributed by atoms with Crippen LogP contribution >= 0.6 is 0 Å². The Morgan fingerprint density at radius 2 is 2.00 bits per heavy atom. The van der Waals surface area contributed by atoms with Crippen LogP contribution in [0.2, 0.25) is 0 Å². The van der Waals surface area contributed by atoms with E-state index >= 15 is 0 Å². The molecule has 0 unspecified atom stereocenters. The van der Waals surface area contributed by atoms with Gasteiger partial charge in [0.15, 0.2) is 0 Å². The van der Waals surface area contributed by atoms with Crippen LogP contribution in [0.15, 0.2) is 0 Å². The number of fused-ring (bicyclic) bond motifs is 1. The molecule has 0 radical (unpaired) electrons. The first kappa shape index (κ1) is 8.38. The van der Waals surface area contributed by atoms with Crippen LogP contribution in [0, 0.1) is 0 Å². The van der Waals surface area contributed by atoms with Gasteiger partial charge < -0.3 is 10.1 Å². The Hall–Kier alpha value is -0.220. The van der Waals surface area contributed by atoms with Crippen molar-refractivity contribution in [1.82, 2.24) is 5.32 Å². The van der Waals surface area contributed by atoms with E-state index in [0.717, 1.165) is 25.7 Å². The number of nitrogens with one attached hydrogen (secondary N) is 1. The molecule has 2 aliphatic rings. The van der Waals surface area contributed by atoms with Gasteiger partial charge >= 0.3 is 6.11 Å². The molecule has 1 heterocycles. The van der Waals surface area contributed by atoms with Gasteiger partial charge in [0, 0.05) is 6.04 Å². The van der Waals surface area contributed by atoms with Gasteiger partial charge in [-0.2, -0.15) is 8.78 Å². The molecule has 0 amide bonds. The summed E-state index contributed by atoms with van der Waals surface area (Å²) in [6.07, 6.45) is 0.677. The van der Waals surface area contributed by atoms with Crippen LogP contribution in [-0.2, 0) is 4.74 Å². The molecule has 2 rings (SSSR count). The second kappa shape index (κ2) is 2.92. The van der Waals surface area contributed by atoms with E-state index in [9.17, 15) is 8.78 Å². The highest BCUT2D eigenvalue weighted by atomic mass is 19.3. The maximum atomic E-state index is 12.7. The smallest absolute Gasteiger partial charge is 0.314 e. The van der Waals surface area contributed by atoms with Crippen LogP contribution in [0.4, 0.5) is 8.78 Å². The van der Waals surface area contributed by atoms with Gasteiger partial charge in [0.05, 0.1) is 12.6 Å². The van der Waals surface area contributed by atoms with Gasteiger partial charge in [-0.25, -0.2) is 0 Å². The molecular weight excluding hydrogens is 164 g/mol. The first-order valence-corrected chi connectivity index (χ1v) is 4.46. The Morgan fingerprint density at radius 1 is 1.25 bits per heavy atom. The molecule has 0 aromatic carbocycles. The Labute approximate surface area is 70.3 Å². The van der Waals surface area contributed by atoms with Gasteiger partial charge in [0.25, 0.3) is 0 Å². The van der Waals surface area contributed by atoms with E-state index in [1.807, 2.05) is 0 Å². The largest absolute Gasteiger partial charge is 0.368 e. The molecule has 1 N–H and O–H groups in total. The minimum absolute atomic E-state index is 0.165. The Balaban J connectivity index is 1.99. The molecule has 0 bridgehead atoms. The maximum absolute atomic E-state index is 12.7. The lowest BCUT2D eigenvalue weighted by Gasteiger charge is -2.39. The predicted octanol–water partition coefficient (Wildman–Crippen LogP) is 1.51. The van der Waals surface area contributed by atoms with Gasteiger partial charge in [-0.05, 0) is 12.8 Å². The number of rotatable bonds is 0. The average molecular weight is 177 g/mol. The molecule has 12 heavy (non-hydrogen) atoms. The number of hydrogen-bond donors (Lipinski definition) is 1. The Morgan fingerprint density at radius 3 is 2.83 bits per heavy atom. The lowest BCUT2D eigenvalue weighted by molar-refractivity contribution is -0.287. The molecule has 2 fully saturated rings. The lowest BCUT2D eigenvalue weighted by atomic mass is 9.91. The summed E-state index contributed by atoms with van der Waals surface area (Å²) in [7, 11) is 0. The van der Waals surface area contributed by atoms with Crippen molar-refractivity contribution in [2.75, 3.05) is 6.54 Å². The summed E-state index contributed by atoms with van der Waals surface area (Å²) in [6, 6.07) is 0.165. The summed E-state index contributed by atoms with van der Waals surface area (Å²) >= 11 is 0. The summed E-state index contributed by atoms with van der Waals surface area (Å²) in [5.74, 6) is 0. The van der Waals surface area contributed by atoms with Crippen LogP contribution in [0.1, 0.15) is 25.7 Å². The summed E-state index contributed by atoms with van der Waals surface area (Å²) in [5.41, 5.74) is 0. The fourth-order valence-electron chi connectivity index (χ4n) is 1.98. The minimum Gasteiger partial charge on any atom is -0.314 e. The van der Waals surface area contributed by atoms with Crippen molar-refractivity contribution in [2.24, 2.45) is 0 Å². The Bertz CT molecular complexity index is 174. The highest BCUT2D eigenvalue weighted by Crippen LogP contribution is 2.30. The second-order valence-electron chi connectivity index (χ2n) is 3.57. The number of ether oxygens (including phenoxy) is 1. The molecule has 4 heteroatoms. The van der Waals surface area contributed by atoms with E-state index in [1.165, 1.54) is 0 Å². The van der Waals surface area contributed by atoms with Crippen molar-refractivity contribution in [1.29, 1.82) is 0 Å². The van der Waals surface area contributed by atoms with Crippen molar-refractivity contribution >= 4 is 0 Å². The SMILES string of the molecule is FC1(F)CN[C@@H]2CCCC[C@H]2O1. The molecule has 2 nitrogen and oxygen atoms in total. The van der Waals surface area contributed by atoms with Crippen LogP contribution in [0.5, 0.6) is 0 Å². The third-order valence-electron chi connectivity index (χ3n) is 2.60. The average Bonchev–Trinajstić information content (AvgIpc) is 2.02. The molecule has 1 saturated carbocycles. The summed E-state index contributed by atoms with van der Waals surface area (Å²) < 4.78 is 30.1.